The second-order valence-electron chi connectivity index (χ2n) is 16.2. The van der Waals surface area contributed by atoms with Crippen LogP contribution in [0.2, 0.25) is 0 Å². The average molecular weight is 938 g/mol. The molecule has 58 heavy (non-hydrogen) atoms. The Morgan fingerprint density at radius 1 is 0.655 bits per heavy atom. The maximum atomic E-state index is 6.63. The molecule has 0 spiro atoms. The quantitative estimate of drug-likeness (QED) is 0.149. The van der Waals surface area contributed by atoms with E-state index in [9.17, 15) is 0 Å². The molecule has 0 atom stereocenters. The summed E-state index contributed by atoms with van der Waals surface area (Å²) in [5.41, 5.74) is 16.5. The molecule has 6 aromatic carbocycles. The Bertz CT molecular complexity index is 2820. The van der Waals surface area contributed by atoms with Crippen molar-refractivity contribution in [2.24, 2.45) is 0 Å². The first-order valence-electron chi connectivity index (χ1n) is 20.0. The van der Waals surface area contributed by atoms with E-state index in [-0.39, 0.29) is 5.41 Å². The molecule has 5 nitrogen and oxygen atoms in total. The van der Waals surface area contributed by atoms with Crippen LogP contribution < -0.4 is 9.64 Å². The van der Waals surface area contributed by atoms with Gasteiger partial charge in [0.25, 0.3) is 0 Å². The number of rotatable bonds is 7. The number of pyridine rings is 1. The number of aromatic nitrogens is 3. The van der Waals surface area contributed by atoms with E-state index in [1.807, 2.05) is 24.4 Å². The zero-order valence-corrected chi connectivity index (χ0v) is 36.1. The van der Waals surface area contributed by atoms with Gasteiger partial charge in [-0.05, 0) is 17.0 Å². The summed E-state index contributed by atoms with van der Waals surface area (Å²) in [6, 6.07) is 52.3. The van der Waals surface area contributed by atoms with E-state index in [4.69, 9.17) is 9.72 Å². The number of hydrogen-bond donors (Lipinski definition) is 0. The van der Waals surface area contributed by atoms with Crippen molar-refractivity contribution in [2.45, 2.75) is 59.8 Å². The molecule has 8 aromatic rings. The Hall–Kier alpha value is -5.77. The molecule has 0 saturated heterocycles. The van der Waals surface area contributed by atoms with Crippen LogP contribution in [0.5, 0.6) is 11.5 Å². The Balaban J connectivity index is 1.17. The van der Waals surface area contributed by atoms with Crippen LogP contribution in [0, 0.1) is 36.7 Å². The van der Waals surface area contributed by atoms with Gasteiger partial charge < -0.3 is 0 Å². The number of para-hydroxylation sites is 2. The normalized spacial score (nSPS) is 12.9. The van der Waals surface area contributed by atoms with Crippen molar-refractivity contribution >= 4 is 22.5 Å². The van der Waals surface area contributed by atoms with Gasteiger partial charge in [-0.1, -0.05) is 20.8 Å². The Kier molecular flexibility index (Phi) is 9.90. The minimum absolute atomic E-state index is 0.0282. The monoisotopic (exact) mass is 937 g/mol. The summed E-state index contributed by atoms with van der Waals surface area (Å²) in [6.07, 6.45) is 3.98. The summed E-state index contributed by atoms with van der Waals surface area (Å²) in [5, 5.41) is 0. The Morgan fingerprint density at radius 3 is 1.93 bits per heavy atom. The topological polar surface area (TPSA) is 35.2 Å². The summed E-state index contributed by atoms with van der Waals surface area (Å²) in [7, 11) is 0. The minimum atomic E-state index is 0.0282. The van der Waals surface area contributed by atoms with Crippen LogP contribution in [0.1, 0.15) is 55.0 Å². The number of imidazole rings is 1. The fourth-order valence-corrected chi connectivity index (χ4v) is 9.45. The van der Waals surface area contributed by atoms with Crippen LogP contribution in [0.25, 0.3) is 44.7 Å². The number of aryl methyl sites for hydroxylation is 1. The molecule has 0 fully saturated rings. The molecular weight excluding hydrogens is 892 g/mol. The van der Waals surface area contributed by atoms with Crippen molar-refractivity contribution in [3.05, 3.63) is 177 Å². The van der Waals surface area contributed by atoms with Crippen LogP contribution in [0.3, 0.4) is 0 Å². The van der Waals surface area contributed by atoms with Gasteiger partial charge in [-0.3, -0.25) is 0 Å². The molecule has 1 aliphatic heterocycles. The first-order chi connectivity index (χ1) is 28.1. The SMILES string of the molecule is Cc1c(C)c(-c2ccccc2)c(-n2[c](=[Pt])n(-c3[c-]c(Oc4[c-]c5c(cc4)CCCN5c4cc(C(C)(C)C)ccn4)ccc3)c3ccccc32)c(-c2ccccc2)c1C. The van der Waals surface area contributed by atoms with E-state index in [1.54, 1.807) is 0 Å². The first kappa shape index (κ1) is 37.8. The Morgan fingerprint density at radius 2 is 1.28 bits per heavy atom. The van der Waals surface area contributed by atoms with E-state index in [0.29, 0.717) is 11.5 Å². The van der Waals surface area contributed by atoms with Gasteiger partial charge in [0.15, 0.2) is 0 Å². The van der Waals surface area contributed by atoms with Crippen LogP contribution in [0.4, 0.5) is 11.5 Å². The van der Waals surface area contributed by atoms with Gasteiger partial charge in [0.1, 0.15) is 0 Å². The van der Waals surface area contributed by atoms with Gasteiger partial charge in [0.05, 0.1) is 0 Å². The summed E-state index contributed by atoms with van der Waals surface area (Å²) in [4.78, 5) is 7.09. The fourth-order valence-electron chi connectivity index (χ4n) is 8.37. The molecule has 0 N–H and O–H groups in total. The number of anilines is 2. The van der Waals surface area contributed by atoms with Crippen molar-refractivity contribution in [3.63, 3.8) is 0 Å². The fraction of sp³-hybridized carbons (Fsp3) is 0.192. The molecule has 292 valence electrons. The summed E-state index contributed by atoms with van der Waals surface area (Å²) < 4.78 is 12.4. The number of nitrogens with zero attached hydrogens (tertiary/aromatic N) is 4. The summed E-state index contributed by atoms with van der Waals surface area (Å²) in [6.45, 7) is 14.4. The van der Waals surface area contributed by atoms with Crippen LogP contribution in [-0.4, -0.2) is 20.7 Å². The zero-order chi connectivity index (χ0) is 40.1. The van der Waals surface area contributed by atoms with Crippen LogP contribution in [0.15, 0.2) is 134 Å². The molecule has 0 amide bonds. The van der Waals surface area contributed by atoms with Gasteiger partial charge in [0.2, 0.25) is 0 Å². The molecule has 0 unspecified atom stereocenters. The van der Waals surface area contributed by atoms with E-state index >= 15 is 0 Å². The van der Waals surface area contributed by atoms with E-state index in [0.717, 1.165) is 51.4 Å². The second-order valence-corrected chi connectivity index (χ2v) is 17.2. The Labute approximate surface area is 352 Å². The molecular formula is C52H46N4OPt-2. The summed E-state index contributed by atoms with van der Waals surface area (Å²) in [5.74, 6) is 2.22. The van der Waals surface area contributed by atoms with Crippen molar-refractivity contribution in [1.29, 1.82) is 0 Å². The van der Waals surface area contributed by atoms with Gasteiger partial charge in [-0.15, -0.1) is 0 Å². The third kappa shape index (κ3) is 6.76. The molecule has 9 rings (SSSR count). The molecule has 0 bridgehead atoms. The molecule has 2 aromatic heterocycles. The van der Waals surface area contributed by atoms with Gasteiger partial charge >= 0.3 is 310 Å². The third-order valence-corrected chi connectivity index (χ3v) is 12.6. The average Bonchev–Trinajstić information content (AvgIpc) is 3.54. The second kappa shape index (κ2) is 15.2. The van der Waals surface area contributed by atoms with Crippen molar-refractivity contribution in [3.8, 4) is 45.1 Å². The number of hydrogen-bond acceptors (Lipinski definition) is 3. The number of ether oxygens (including phenoxy) is 1. The van der Waals surface area contributed by atoms with Crippen LogP contribution >= 0.6 is 0 Å². The predicted octanol–water partition coefficient (Wildman–Crippen LogP) is 12.9. The zero-order valence-electron chi connectivity index (χ0n) is 33.8. The number of benzene rings is 6. The van der Waals surface area contributed by atoms with Crippen molar-refractivity contribution in [1.82, 2.24) is 14.1 Å². The maximum absolute atomic E-state index is 6.63. The van der Waals surface area contributed by atoms with Gasteiger partial charge in [0, 0.05) is 6.20 Å². The van der Waals surface area contributed by atoms with Crippen molar-refractivity contribution < 1.29 is 24.1 Å². The molecule has 1 aliphatic rings. The van der Waals surface area contributed by atoms with Gasteiger partial charge in [-0.2, -0.15) is 0 Å². The molecule has 6 heteroatoms. The number of fused-ring (bicyclic) bond motifs is 2. The standard InChI is InChI=1S/C52H46N4O.Pt/c1-35-36(2)49(39-17-9-7-10-18-39)51(50(37(35)3)40-19-11-8-12-20-40)56-34-55(45-24-13-14-25-46(45)56)42-22-15-23-43(32-42)57-44-27-26-38-21-16-30-54(47(38)33-44)48-31-41(28-29-53-48)52(4,5)6;/h7-15,17-20,22-29,31H,16,21,30H2,1-6H3;/q-2;. The predicted molar refractivity (Wildman–Crippen MR) is 233 cm³/mol. The molecule has 3 heterocycles. The van der Waals surface area contributed by atoms with E-state index in [2.05, 4.69) is 196 Å². The molecule has 0 aliphatic carbocycles. The summed E-state index contributed by atoms with van der Waals surface area (Å²) >= 11 is 2.50. The molecule has 0 saturated carbocycles. The van der Waals surface area contributed by atoms with Crippen LogP contribution in [-0.2, 0) is 31.2 Å². The van der Waals surface area contributed by atoms with Crippen molar-refractivity contribution in [2.75, 3.05) is 11.4 Å². The van der Waals surface area contributed by atoms with Gasteiger partial charge in [-0.25, -0.2) is 0 Å². The molecule has 0 radical (unpaired) electrons. The first-order valence-corrected chi connectivity index (χ1v) is 21.1. The van der Waals surface area contributed by atoms with E-state index < -0.39 is 0 Å². The van der Waals surface area contributed by atoms with E-state index in [1.165, 1.54) is 55.8 Å². The third-order valence-electron chi connectivity index (χ3n) is 11.6.